The van der Waals surface area contributed by atoms with Gasteiger partial charge in [0.2, 0.25) is 9.84 Å². The fourth-order valence-corrected chi connectivity index (χ4v) is 4.01. The highest BCUT2D eigenvalue weighted by Crippen LogP contribution is 2.31. The van der Waals surface area contributed by atoms with Gasteiger partial charge in [-0.15, -0.1) is 0 Å². The maximum Gasteiger partial charge on any atom is 0.534 e. The van der Waals surface area contributed by atoms with Gasteiger partial charge in [-0.05, 0) is 42.3 Å². The molecule has 0 aromatic heterocycles. The molecule has 0 heterocycles. The largest absolute Gasteiger partial charge is 0.534 e. The van der Waals surface area contributed by atoms with E-state index in [0.29, 0.717) is 17.7 Å². The Kier molecular flexibility index (Phi) is 7.33. The zero-order valence-corrected chi connectivity index (χ0v) is 17.5. The van der Waals surface area contributed by atoms with Gasteiger partial charge in [-0.1, -0.05) is 12.1 Å². The molecule has 0 aliphatic heterocycles. The molecule has 2 rings (SSSR count). The monoisotopic (exact) mass is 523 g/mol. The molecule has 0 saturated carbocycles. The Hall–Kier alpha value is -2.88. The van der Waals surface area contributed by atoms with E-state index in [1.54, 1.807) is 5.32 Å². The number of hydrogen-bond donors (Lipinski definition) is 1. The molecular formula is C17H12F7NO6S2. The van der Waals surface area contributed by atoms with Gasteiger partial charge in [-0.2, -0.15) is 34.8 Å². The lowest BCUT2D eigenvalue weighted by Gasteiger charge is -2.11. The van der Waals surface area contributed by atoms with E-state index in [1.807, 2.05) is 0 Å². The zero-order chi connectivity index (χ0) is 25.2. The molecule has 1 N–H and O–H groups in total. The quantitative estimate of drug-likeness (QED) is 0.340. The normalized spacial score (nSPS) is 12.9. The SMILES string of the molecule is O=C(NCCc1ccc(S(=O)(=O)c2ccc(OS(=O)(=O)C(F)(F)F)c(F)c2)cc1)C(F)(F)F. The van der Waals surface area contributed by atoms with Gasteiger partial charge in [0, 0.05) is 6.54 Å². The van der Waals surface area contributed by atoms with Crippen molar-refractivity contribution in [1.29, 1.82) is 0 Å². The van der Waals surface area contributed by atoms with E-state index >= 15 is 0 Å². The van der Waals surface area contributed by atoms with Crippen molar-refractivity contribution in [1.82, 2.24) is 5.32 Å². The Labute approximate surface area is 182 Å². The summed E-state index contributed by atoms with van der Waals surface area (Å²) in [7, 11) is -10.6. The number of nitrogens with one attached hydrogen (secondary N) is 1. The van der Waals surface area contributed by atoms with Gasteiger partial charge in [0.25, 0.3) is 0 Å². The first-order chi connectivity index (χ1) is 14.9. The van der Waals surface area contributed by atoms with Crippen LogP contribution in [-0.2, 0) is 31.2 Å². The lowest BCUT2D eigenvalue weighted by Crippen LogP contribution is -2.37. The topological polar surface area (TPSA) is 107 Å². The molecule has 7 nitrogen and oxygen atoms in total. The van der Waals surface area contributed by atoms with Gasteiger partial charge < -0.3 is 9.50 Å². The fraction of sp³-hybridized carbons (Fsp3) is 0.235. The molecule has 0 bridgehead atoms. The number of sulfone groups is 1. The number of rotatable bonds is 7. The van der Waals surface area contributed by atoms with Crippen molar-refractivity contribution in [3.05, 3.63) is 53.8 Å². The van der Waals surface area contributed by atoms with Crippen LogP contribution in [0.3, 0.4) is 0 Å². The fourth-order valence-electron chi connectivity index (χ4n) is 2.27. The summed E-state index contributed by atoms with van der Waals surface area (Å²) >= 11 is 0. The molecule has 2 aromatic carbocycles. The van der Waals surface area contributed by atoms with Crippen LogP contribution in [0.1, 0.15) is 5.56 Å². The molecule has 0 saturated heterocycles. The minimum absolute atomic E-state index is 0.0729. The predicted octanol–water partition coefficient (Wildman–Crippen LogP) is 3.11. The molecule has 2 aromatic rings. The lowest BCUT2D eigenvalue weighted by atomic mass is 10.1. The van der Waals surface area contributed by atoms with E-state index in [9.17, 15) is 52.4 Å². The molecule has 0 unspecified atom stereocenters. The van der Waals surface area contributed by atoms with Crippen molar-refractivity contribution in [2.24, 2.45) is 0 Å². The Balaban J connectivity index is 2.16. The molecule has 0 aliphatic carbocycles. The first-order valence-electron chi connectivity index (χ1n) is 8.44. The van der Waals surface area contributed by atoms with Gasteiger partial charge in [-0.25, -0.2) is 12.8 Å². The molecule has 0 spiro atoms. The summed E-state index contributed by atoms with van der Waals surface area (Å²) < 4.78 is 138. The first kappa shape index (κ1) is 26.4. The van der Waals surface area contributed by atoms with Crippen molar-refractivity contribution in [2.75, 3.05) is 6.54 Å². The standard InChI is InChI=1S/C17H12F7NO6S2/c18-13-9-12(5-6-14(13)31-33(29,30)17(22,23)24)32(27,28)11-3-1-10(2-4-11)7-8-25-15(26)16(19,20)21/h1-6,9H,7-8H2,(H,25,26). The Morgan fingerprint density at radius 3 is 1.91 bits per heavy atom. The van der Waals surface area contributed by atoms with Crippen LogP contribution in [0.15, 0.2) is 52.3 Å². The van der Waals surface area contributed by atoms with Gasteiger partial charge in [0.15, 0.2) is 11.6 Å². The Morgan fingerprint density at radius 2 is 1.42 bits per heavy atom. The smallest absolute Gasteiger partial charge is 0.373 e. The minimum Gasteiger partial charge on any atom is -0.373 e. The molecule has 0 radical (unpaired) electrons. The van der Waals surface area contributed by atoms with Crippen molar-refractivity contribution in [2.45, 2.75) is 27.9 Å². The molecule has 0 fully saturated rings. The zero-order valence-electron chi connectivity index (χ0n) is 15.9. The summed E-state index contributed by atoms with van der Waals surface area (Å²) in [5, 5.41) is 1.63. The van der Waals surface area contributed by atoms with E-state index in [-0.39, 0.29) is 12.5 Å². The summed E-state index contributed by atoms with van der Waals surface area (Å²) in [5.41, 5.74) is -5.48. The van der Waals surface area contributed by atoms with E-state index < -0.39 is 65.4 Å². The average Bonchev–Trinajstić information content (AvgIpc) is 2.68. The summed E-state index contributed by atoms with van der Waals surface area (Å²) in [4.78, 5) is 9.59. The number of alkyl halides is 6. The molecule has 1 amide bonds. The van der Waals surface area contributed by atoms with Gasteiger partial charge in [-0.3, -0.25) is 4.79 Å². The van der Waals surface area contributed by atoms with Crippen LogP contribution in [0.4, 0.5) is 30.7 Å². The number of carbonyl (C=O) groups is 1. The molecule has 33 heavy (non-hydrogen) atoms. The second kappa shape index (κ2) is 9.17. The second-order valence-corrected chi connectivity index (χ2v) is 9.71. The Morgan fingerprint density at radius 1 is 0.879 bits per heavy atom. The highest BCUT2D eigenvalue weighted by molar-refractivity contribution is 7.91. The number of halogens is 7. The van der Waals surface area contributed by atoms with Crippen molar-refractivity contribution in [3.63, 3.8) is 0 Å². The maximum absolute atomic E-state index is 14.0. The number of carbonyl (C=O) groups excluding carboxylic acids is 1. The average molecular weight is 523 g/mol. The lowest BCUT2D eigenvalue weighted by molar-refractivity contribution is -0.173. The third-order valence-electron chi connectivity index (χ3n) is 3.89. The van der Waals surface area contributed by atoms with E-state index in [0.717, 1.165) is 12.1 Å². The summed E-state index contributed by atoms with van der Waals surface area (Å²) in [6.07, 6.45) is -5.12. The summed E-state index contributed by atoms with van der Waals surface area (Å²) in [6, 6.07) is 5.78. The second-order valence-electron chi connectivity index (χ2n) is 6.23. The van der Waals surface area contributed by atoms with Crippen molar-refractivity contribution >= 4 is 25.9 Å². The third kappa shape index (κ3) is 6.34. The number of benzene rings is 2. The third-order valence-corrected chi connectivity index (χ3v) is 6.62. The van der Waals surface area contributed by atoms with Crippen LogP contribution < -0.4 is 9.50 Å². The van der Waals surface area contributed by atoms with Gasteiger partial charge >= 0.3 is 27.7 Å². The minimum atomic E-state index is -6.18. The summed E-state index contributed by atoms with van der Waals surface area (Å²) in [6.45, 7) is -0.391. The van der Waals surface area contributed by atoms with Gasteiger partial charge in [0.1, 0.15) is 0 Å². The number of amides is 1. The van der Waals surface area contributed by atoms with Gasteiger partial charge in [0.05, 0.1) is 9.79 Å². The summed E-state index contributed by atoms with van der Waals surface area (Å²) in [5.74, 6) is -5.21. The molecule has 16 heteroatoms. The molecule has 0 aliphatic rings. The van der Waals surface area contributed by atoms with Crippen LogP contribution in [-0.4, -0.2) is 41.0 Å². The highest BCUT2D eigenvalue weighted by atomic mass is 32.2. The van der Waals surface area contributed by atoms with Crippen LogP contribution in [0.5, 0.6) is 5.75 Å². The van der Waals surface area contributed by atoms with E-state index in [1.165, 1.54) is 12.1 Å². The molecule has 0 atom stereocenters. The predicted molar refractivity (Wildman–Crippen MR) is 96.7 cm³/mol. The van der Waals surface area contributed by atoms with Crippen LogP contribution >= 0.6 is 0 Å². The van der Waals surface area contributed by atoms with Crippen LogP contribution in [0.25, 0.3) is 0 Å². The molecular weight excluding hydrogens is 511 g/mol. The first-order valence-corrected chi connectivity index (χ1v) is 11.3. The van der Waals surface area contributed by atoms with Crippen LogP contribution in [0.2, 0.25) is 0 Å². The number of hydrogen-bond acceptors (Lipinski definition) is 6. The van der Waals surface area contributed by atoms with Crippen LogP contribution in [0, 0.1) is 5.82 Å². The maximum atomic E-state index is 14.0. The van der Waals surface area contributed by atoms with E-state index in [2.05, 4.69) is 4.18 Å². The van der Waals surface area contributed by atoms with Crippen molar-refractivity contribution < 1.29 is 56.5 Å². The molecule has 182 valence electrons. The van der Waals surface area contributed by atoms with E-state index in [4.69, 9.17) is 0 Å². The highest BCUT2D eigenvalue weighted by Gasteiger charge is 2.49. The Bertz CT molecular complexity index is 1240. The van der Waals surface area contributed by atoms with Crippen molar-refractivity contribution in [3.8, 4) is 5.75 Å².